The molecule has 0 spiro atoms. The van der Waals surface area contributed by atoms with Gasteiger partial charge in [-0.3, -0.25) is 9.59 Å². The van der Waals surface area contributed by atoms with Gasteiger partial charge >= 0.3 is 0 Å². The van der Waals surface area contributed by atoms with Gasteiger partial charge in [-0.15, -0.1) is 0 Å². The van der Waals surface area contributed by atoms with Gasteiger partial charge in [-0.1, -0.05) is 17.7 Å². The smallest absolute Gasteiger partial charge is 0.225 e. The fraction of sp³-hybridized carbons (Fsp3) is 0.304. The van der Waals surface area contributed by atoms with Crippen molar-refractivity contribution in [2.45, 2.75) is 31.1 Å². The number of ketones is 1. The lowest BCUT2D eigenvalue weighted by molar-refractivity contribution is -0.122. The van der Waals surface area contributed by atoms with Crippen LogP contribution >= 0.6 is 11.6 Å². The van der Waals surface area contributed by atoms with E-state index in [1.54, 1.807) is 32.4 Å². The molecule has 5 nitrogen and oxygen atoms in total. The van der Waals surface area contributed by atoms with Crippen LogP contribution in [0.3, 0.4) is 0 Å². The Labute approximate surface area is 178 Å². The zero-order valence-electron chi connectivity index (χ0n) is 16.6. The molecule has 0 saturated carbocycles. The van der Waals surface area contributed by atoms with Crippen molar-refractivity contribution in [1.29, 1.82) is 0 Å². The van der Waals surface area contributed by atoms with Crippen LogP contribution in [0, 0.1) is 5.82 Å². The molecule has 1 amide bonds. The second-order valence-corrected chi connectivity index (χ2v) is 7.88. The second-order valence-electron chi connectivity index (χ2n) is 7.47. The summed E-state index contributed by atoms with van der Waals surface area (Å²) in [5.41, 5.74) is 2.01. The van der Waals surface area contributed by atoms with Gasteiger partial charge in [0.15, 0.2) is 5.78 Å². The van der Waals surface area contributed by atoms with Gasteiger partial charge in [0.1, 0.15) is 17.3 Å². The molecular weight excluding hydrogens is 409 g/mol. The fourth-order valence-electron chi connectivity index (χ4n) is 4.43. The van der Waals surface area contributed by atoms with E-state index in [1.807, 2.05) is 6.07 Å². The number of allylic oxidation sites excluding steroid dienone is 2. The molecule has 1 heterocycles. The summed E-state index contributed by atoms with van der Waals surface area (Å²) < 4.78 is 25.4. The Balaban J connectivity index is 1.77. The molecule has 4 rings (SSSR count). The Kier molecular flexibility index (Phi) is 5.52. The third-order valence-electron chi connectivity index (χ3n) is 5.76. The van der Waals surface area contributed by atoms with Gasteiger partial charge < -0.3 is 14.8 Å². The minimum absolute atomic E-state index is 0.0155. The van der Waals surface area contributed by atoms with Crippen LogP contribution in [-0.4, -0.2) is 25.9 Å². The van der Waals surface area contributed by atoms with Crippen LogP contribution in [0.2, 0.25) is 5.02 Å². The number of carbonyl (C=O) groups excluding carboxylic acids is 2. The van der Waals surface area contributed by atoms with E-state index in [0.29, 0.717) is 29.2 Å². The van der Waals surface area contributed by atoms with Crippen LogP contribution in [-0.2, 0) is 9.59 Å². The Morgan fingerprint density at radius 1 is 1.07 bits per heavy atom. The van der Waals surface area contributed by atoms with Gasteiger partial charge in [0.05, 0.1) is 14.2 Å². The number of halogens is 2. The lowest BCUT2D eigenvalue weighted by Gasteiger charge is -2.35. The first-order valence-electron chi connectivity index (χ1n) is 9.64. The van der Waals surface area contributed by atoms with Crippen LogP contribution in [0.15, 0.2) is 47.7 Å². The summed E-state index contributed by atoms with van der Waals surface area (Å²) in [6.07, 6.45) is 0.637. The molecular formula is C23H21ClFNO4. The molecule has 156 valence electrons. The lowest BCUT2D eigenvalue weighted by Crippen LogP contribution is -2.38. The van der Waals surface area contributed by atoms with Crippen LogP contribution in [0.5, 0.6) is 11.5 Å². The van der Waals surface area contributed by atoms with Crippen molar-refractivity contribution in [1.82, 2.24) is 5.32 Å². The number of nitrogens with one attached hydrogen (secondary N) is 1. The Bertz CT molecular complexity index is 1040. The summed E-state index contributed by atoms with van der Waals surface area (Å²) >= 11 is 6.25. The maximum Gasteiger partial charge on any atom is 0.225 e. The Hall–Kier alpha value is -2.86. The minimum atomic E-state index is -0.692. The summed E-state index contributed by atoms with van der Waals surface area (Å²) in [5, 5.41) is 3.05. The van der Waals surface area contributed by atoms with Gasteiger partial charge in [-0.25, -0.2) is 4.39 Å². The van der Waals surface area contributed by atoms with E-state index in [2.05, 4.69) is 5.32 Å². The van der Waals surface area contributed by atoms with Gasteiger partial charge in [0.25, 0.3) is 0 Å². The summed E-state index contributed by atoms with van der Waals surface area (Å²) in [6.45, 7) is 0. The van der Waals surface area contributed by atoms with Crippen molar-refractivity contribution in [3.05, 3.63) is 69.6 Å². The standard InChI is InChI=1S/C23H21ClFNO4/c1-29-13-6-7-20(30-2)14(10-13)12-8-18-23(19(27)9-12)15(11-21(28)26-18)22-16(24)4-3-5-17(22)25/h3-7,10,12,15H,8-9,11H2,1-2H3,(H,26,28)/t12-,15+/m0/s1. The van der Waals surface area contributed by atoms with Crippen LogP contribution in [0.1, 0.15) is 42.2 Å². The number of benzene rings is 2. The Morgan fingerprint density at radius 2 is 1.87 bits per heavy atom. The molecule has 7 heteroatoms. The molecule has 2 atom stereocenters. The van der Waals surface area contributed by atoms with E-state index < -0.39 is 11.7 Å². The lowest BCUT2D eigenvalue weighted by atomic mass is 9.73. The highest BCUT2D eigenvalue weighted by Crippen LogP contribution is 2.46. The summed E-state index contributed by atoms with van der Waals surface area (Å²) in [4.78, 5) is 25.7. The molecule has 2 aliphatic rings. The average Bonchev–Trinajstić information content (AvgIpc) is 2.72. The van der Waals surface area contributed by atoms with Crippen molar-refractivity contribution >= 4 is 23.3 Å². The van der Waals surface area contributed by atoms with Crippen LogP contribution in [0.25, 0.3) is 0 Å². The summed E-state index contributed by atoms with van der Waals surface area (Å²) in [7, 11) is 3.14. The predicted molar refractivity (Wildman–Crippen MR) is 110 cm³/mol. The van der Waals surface area contributed by atoms with E-state index in [0.717, 1.165) is 5.56 Å². The van der Waals surface area contributed by atoms with E-state index >= 15 is 0 Å². The molecule has 2 aromatic carbocycles. The number of carbonyl (C=O) groups is 2. The highest BCUT2D eigenvalue weighted by molar-refractivity contribution is 6.31. The third-order valence-corrected chi connectivity index (χ3v) is 6.09. The second kappa shape index (κ2) is 8.11. The SMILES string of the molecule is COc1ccc(OC)c([C@@H]2CC(=O)C3=C(C2)NC(=O)C[C@@H]3c2c(F)cccc2Cl)c1. The number of ether oxygens (including phenoxy) is 2. The first-order chi connectivity index (χ1) is 14.4. The first kappa shape index (κ1) is 20.4. The molecule has 1 aliphatic carbocycles. The summed E-state index contributed by atoms with van der Waals surface area (Å²) in [6, 6.07) is 9.81. The van der Waals surface area contributed by atoms with Crippen molar-refractivity contribution in [3.8, 4) is 11.5 Å². The number of Topliss-reactive ketones (excluding diaryl/α,β-unsaturated/α-hetero) is 1. The average molecular weight is 430 g/mol. The quantitative estimate of drug-likeness (QED) is 0.777. The molecule has 0 bridgehead atoms. The maximum absolute atomic E-state index is 14.6. The minimum Gasteiger partial charge on any atom is -0.497 e. The van der Waals surface area contributed by atoms with Gasteiger partial charge in [-0.05, 0) is 36.8 Å². The normalized spacial score (nSPS) is 21.2. The van der Waals surface area contributed by atoms with E-state index in [9.17, 15) is 14.0 Å². The number of hydrogen-bond acceptors (Lipinski definition) is 4. The van der Waals surface area contributed by atoms with Gasteiger partial charge in [-0.2, -0.15) is 0 Å². The molecule has 1 aliphatic heterocycles. The van der Waals surface area contributed by atoms with Crippen molar-refractivity contribution in [2.75, 3.05) is 14.2 Å². The Morgan fingerprint density at radius 3 is 2.57 bits per heavy atom. The summed E-state index contributed by atoms with van der Waals surface area (Å²) in [5.74, 6) is -0.493. The van der Waals surface area contributed by atoms with Crippen molar-refractivity contribution < 1.29 is 23.5 Å². The number of rotatable bonds is 4. The van der Waals surface area contributed by atoms with E-state index in [4.69, 9.17) is 21.1 Å². The monoisotopic (exact) mass is 429 g/mol. The van der Waals surface area contributed by atoms with E-state index in [-0.39, 0.29) is 41.0 Å². The molecule has 0 fully saturated rings. The largest absolute Gasteiger partial charge is 0.497 e. The first-order valence-corrected chi connectivity index (χ1v) is 10.0. The highest BCUT2D eigenvalue weighted by atomic mass is 35.5. The zero-order valence-corrected chi connectivity index (χ0v) is 17.4. The predicted octanol–water partition coefficient (Wildman–Crippen LogP) is 4.50. The van der Waals surface area contributed by atoms with Crippen LogP contribution in [0.4, 0.5) is 4.39 Å². The molecule has 30 heavy (non-hydrogen) atoms. The molecule has 2 aromatic rings. The van der Waals surface area contributed by atoms with Crippen molar-refractivity contribution in [2.24, 2.45) is 0 Å². The van der Waals surface area contributed by atoms with Crippen molar-refractivity contribution in [3.63, 3.8) is 0 Å². The topological polar surface area (TPSA) is 64.6 Å². The zero-order chi connectivity index (χ0) is 21.4. The van der Waals surface area contributed by atoms with E-state index in [1.165, 1.54) is 12.1 Å². The number of methoxy groups -OCH3 is 2. The molecule has 0 radical (unpaired) electrons. The van der Waals surface area contributed by atoms with Gasteiger partial charge in [0, 0.05) is 52.1 Å². The third kappa shape index (κ3) is 3.56. The molecule has 0 unspecified atom stereocenters. The number of hydrogen-bond donors (Lipinski definition) is 1. The number of amides is 1. The maximum atomic E-state index is 14.6. The van der Waals surface area contributed by atoms with Crippen LogP contribution < -0.4 is 14.8 Å². The van der Waals surface area contributed by atoms with Gasteiger partial charge in [0.2, 0.25) is 5.91 Å². The fourth-order valence-corrected chi connectivity index (χ4v) is 4.72. The highest BCUT2D eigenvalue weighted by Gasteiger charge is 2.40. The molecule has 1 N–H and O–H groups in total. The molecule has 0 saturated heterocycles. The molecule has 0 aromatic heterocycles.